The smallest absolute Gasteiger partial charge is 0.0117 e. The minimum Gasteiger partial charge on any atom is -0.303 e. The zero-order valence-corrected chi connectivity index (χ0v) is 12.6. The molecule has 0 saturated carbocycles. The number of hydrogen-bond acceptors (Lipinski definition) is 3. The molecule has 0 radical (unpaired) electrons. The Morgan fingerprint density at radius 2 is 1.76 bits per heavy atom. The summed E-state index contributed by atoms with van der Waals surface area (Å²) in [5.41, 5.74) is 0. The van der Waals surface area contributed by atoms with Crippen LogP contribution >= 0.6 is 12.6 Å². The van der Waals surface area contributed by atoms with Gasteiger partial charge in [-0.2, -0.15) is 12.6 Å². The summed E-state index contributed by atoms with van der Waals surface area (Å²) < 4.78 is 0. The third-order valence-corrected chi connectivity index (χ3v) is 4.36. The Morgan fingerprint density at radius 1 is 1.12 bits per heavy atom. The highest BCUT2D eigenvalue weighted by Crippen LogP contribution is 2.15. The summed E-state index contributed by atoms with van der Waals surface area (Å²) >= 11 is 4.25. The summed E-state index contributed by atoms with van der Waals surface area (Å²) in [6.07, 6.45) is 8.09. The molecule has 0 bridgehead atoms. The van der Waals surface area contributed by atoms with Crippen LogP contribution < -0.4 is 0 Å². The van der Waals surface area contributed by atoms with Crippen molar-refractivity contribution < 1.29 is 0 Å². The van der Waals surface area contributed by atoms with Crippen molar-refractivity contribution >= 4 is 12.6 Å². The lowest BCUT2D eigenvalue weighted by Crippen LogP contribution is -2.43. The fraction of sp³-hybridized carbons (Fsp3) is 1.00. The van der Waals surface area contributed by atoms with Gasteiger partial charge in [-0.05, 0) is 64.7 Å². The van der Waals surface area contributed by atoms with Gasteiger partial charge in [0.15, 0.2) is 0 Å². The Kier molecular flexibility index (Phi) is 8.33. The van der Waals surface area contributed by atoms with Crippen LogP contribution in [-0.4, -0.2) is 54.8 Å². The summed E-state index contributed by atoms with van der Waals surface area (Å²) in [5.74, 6) is 1.05. The van der Waals surface area contributed by atoms with Gasteiger partial charge in [-0.1, -0.05) is 19.8 Å². The third-order valence-electron chi connectivity index (χ3n) is 4.05. The van der Waals surface area contributed by atoms with Gasteiger partial charge in [0.2, 0.25) is 0 Å². The van der Waals surface area contributed by atoms with Crippen LogP contribution in [0.5, 0.6) is 0 Å². The van der Waals surface area contributed by atoms with Gasteiger partial charge >= 0.3 is 0 Å². The first kappa shape index (κ1) is 15.3. The lowest BCUT2D eigenvalue weighted by atomic mass is 10.0. The maximum atomic E-state index is 4.25. The second kappa shape index (κ2) is 9.23. The Bertz CT molecular complexity index is 179. The molecular formula is C14H30N2S. The van der Waals surface area contributed by atoms with E-state index < -0.39 is 0 Å². The number of thiol groups is 1. The fourth-order valence-corrected chi connectivity index (χ4v) is 2.91. The fourth-order valence-electron chi connectivity index (χ4n) is 2.69. The molecule has 0 aromatic carbocycles. The molecule has 0 spiro atoms. The Hall–Kier alpha value is 0.270. The molecule has 2 nitrogen and oxygen atoms in total. The summed E-state index contributed by atoms with van der Waals surface area (Å²) in [7, 11) is 2.31. The molecule has 0 atom stereocenters. The second-order valence-corrected chi connectivity index (χ2v) is 5.73. The lowest BCUT2D eigenvalue weighted by molar-refractivity contribution is 0.130. The zero-order valence-electron chi connectivity index (χ0n) is 11.7. The van der Waals surface area contributed by atoms with E-state index in [1.807, 2.05) is 0 Å². The van der Waals surface area contributed by atoms with Crippen molar-refractivity contribution in [3.63, 3.8) is 0 Å². The molecule has 0 aliphatic carbocycles. The molecule has 102 valence electrons. The van der Waals surface area contributed by atoms with E-state index in [0.717, 1.165) is 11.8 Å². The van der Waals surface area contributed by atoms with Crippen molar-refractivity contribution in [2.45, 2.75) is 51.5 Å². The molecule has 0 unspecified atom stereocenters. The number of piperidine rings is 1. The van der Waals surface area contributed by atoms with E-state index in [1.165, 1.54) is 64.7 Å². The highest BCUT2D eigenvalue weighted by atomic mass is 32.1. The summed E-state index contributed by atoms with van der Waals surface area (Å²) in [4.78, 5) is 5.16. The molecule has 1 rings (SSSR count). The quantitative estimate of drug-likeness (QED) is 0.528. The van der Waals surface area contributed by atoms with Crippen LogP contribution in [0.2, 0.25) is 0 Å². The predicted molar refractivity (Wildman–Crippen MR) is 80.1 cm³/mol. The molecule has 17 heavy (non-hydrogen) atoms. The molecule has 1 fully saturated rings. The molecule has 1 aliphatic heterocycles. The molecule has 0 aromatic rings. The molecule has 0 amide bonds. The summed E-state index contributed by atoms with van der Waals surface area (Å²) in [6.45, 7) is 7.37. The summed E-state index contributed by atoms with van der Waals surface area (Å²) in [5, 5.41) is 0. The second-order valence-electron chi connectivity index (χ2n) is 5.28. The molecule has 0 N–H and O–H groups in total. The van der Waals surface area contributed by atoms with Crippen molar-refractivity contribution in [3.8, 4) is 0 Å². The first-order valence-corrected chi connectivity index (χ1v) is 7.94. The number of hydrogen-bond donors (Lipinski definition) is 1. The average molecular weight is 258 g/mol. The minimum atomic E-state index is 0.836. The van der Waals surface area contributed by atoms with Crippen molar-refractivity contribution in [2.75, 3.05) is 39.0 Å². The van der Waals surface area contributed by atoms with Gasteiger partial charge < -0.3 is 9.80 Å². The van der Waals surface area contributed by atoms with Gasteiger partial charge in [0.1, 0.15) is 0 Å². The number of rotatable bonds is 8. The van der Waals surface area contributed by atoms with Crippen molar-refractivity contribution in [2.24, 2.45) is 0 Å². The zero-order chi connectivity index (χ0) is 12.5. The SMILES string of the molecule is CCN1CCC(N(C)CCCCCCS)CC1. The van der Waals surface area contributed by atoms with Gasteiger partial charge in [-0.15, -0.1) is 0 Å². The minimum absolute atomic E-state index is 0.836. The van der Waals surface area contributed by atoms with E-state index >= 15 is 0 Å². The molecule has 0 aromatic heterocycles. The molecule has 1 heterocycles. The number of unbranched alkanes of at least 4 members (excludes halogenated alkanes) is 3. The standard InChI is InChI=1S/C14H30N2S/c1-3-16-11-8-14(9-12-16)15(2)10-6-4-5-7-13-17/h14,17H,3-13H2,1-2H3. The van der Waals surface area contributed by atoms with E-state index in [0.29, 0.717) is 0 Å². The molecule has 1 saturated heterocycles. The monoisotopic (exact) mass is 258 g/mol. The van der Waals surface area contributed by atoms with Crippen LogP contribution in [0.3, 0.4) is 0 Å². The van der Waals surface area contributed by atoms with Gasteiger partial charge in [-0.25, -0.2) is 0 Å². The first-order chi connectivity index (χ1) is 8.27. The van der Waals surface area contributed by atoms with Crippen LogP contribution in [0, 0.1) is 0 Å². The predicted octanol–water partition coefficient (Wildman–Crippen LogP) is 2.89. The van der Waals surface area contributed by atoms with Gasteiger partial charge in [-0.3, -0.25) is 0 Å². The Balaban J connectivity index is 2.05. The van der Waals surface area contributed by atoms with Crippen LogP contribution in [0.25, 0.3) is 0 Å². The van der Waals surface area contributed by atoms with E-state index in [4.69, 9.17) is 0 Å². The van der Waals surface area contributed by atoms with Crippen molar-refractivity contribution in [3.05, 3.63) is 0 Å². The van der Waals surface area contributed by atoms with Crippen molar-refractivity contribution in [1.29, 1.82) is 0 Å². The van der Waals surface area contributed by atoms with Crippen LogP contribution in [0.4, 0.5) is 0 Å². The van der Waals surface area contributed by atoms with Crippen LogP contribution in [-0.2, 0) is 0 Å². The highest BCUT2D eigenvalue weighted by Gasteiger charge is 2.20. The summed E-state index contributed by atoms with van der Waals surface area (Å²) in [6, 6.07) is 0.836. The number of likely N-dealkylation sites (tertiary alicyclic amines) is 1. The van der Waals surface area contributed by atoms with Crippen LogP contribution in [0.15, 0.2) is 0 Å². The largest absolute Gasteiger partial charge is 0.303 e. The molecule has 3 heteroatoms. The highest BCUT2D eigenvalue weighted by molar-refractivity contribution is 7.80. The Labute approximate surface area is 113 Å². The lowest BCUT2D eigenvalue weighted by Gasteiger charge is -2.36. The van der Waals surface area contributed by atoms with Crippen molar-refractivity contribution in [1.82, 2.24) is 9.80 Å². The topological polar surface area (TPSA) is 6.48 Å². The van der Waals surface area contributed by atoms with E-state index in [9.17, 15) is 0 Å². The molecule has 1 aliphatic rings. The van der Waals surface area contributed by atoms with Crippen LogP contribution in [0.1, 0.15) is 45.4 Å². The van der Waals surface area contributed by atoms with Gasteiger partial charge in [0, 0.05) is 6.04 Å². The van der Waals surface area contributed by atoms with Gasteiger partial charge in [0.25, 0.3) is 0 Å². The van der Waals surface area contributed by atoms with E-state index in [2.05, 4.69) is 36.4 Å². The third kappa shape index (κ3) is 6.12. The maximum absolute atomic E-state index is 4.25. The van der Waals surface area contributed by atoms with E-state index in [-0.39, 0.29) is 0 Å². The maximum Gasteiger partial charge on any atom is 0.0117 e. The first-order valence-electron chi connectivity index (χ1n) is 7.31. The Morgan fingerprint density at radius 3 is 2.35 bits per heavy atom. The molecular weight excluding hydrogens is 228 g/mol. The average Bonchev–Trinajstić information content (AvgIpc) is 2.38. The van der Waals surface area contributed by atoms with E-state index in [1.54, 1.807) is 0 Å². The number of nitrogens with zero attached hydrogens (tertiary/aromatic N) is 2. The van der Waals surface area contributed by atoms with Gasteiger partial charge in [0.05, 0.1) is 0 Å². The normalized spacial score (nSPS) is 19.1.